The summed E-state index contributed by atoms with van der Waals surface area (Å²) in [6, 6.07) is 6.84. The molecule has 0 saturated heterocycles. The molecule has 0 atom stereocenters. The molecule has 0 radical (unpaired) electrons. The van der Waals surface area contributed by atoms with Crippen LogP contribution in [0.25, 0.3) is 21.6 Å². The quantitative estimate of drug-likeness (QED) is 0.757. The van der Waals surface area contributed by atoms with Crippen LogP contribution in [0.2, 0.25) is 5.02 Å². The van der Waals surface area contributed by atoms with Crippen molar-refractivity contribution in [2.24, 2.45) is 0 Å². The molecule has 0 unspecified atom stereocenters. The number of nitrogens with zero attached hydrogens (tertiary/aromatic N) is 2. The third-order valence-corrected chi connectivity index (χ3v) is 4.18. The minimum atomic E-state index is -0.496. The third kappa shape index (κ3) is 2.13. The summed E-state index contributed by atoms with van der Waals surface area (Å²) in [6.07, 6.45) is 0. The van der Waals surface area contributed by atoms with E-state index in [2.05, 4.69) is 15.3 Å². The van der Waals surface area contributed by atoms with Gasteiger partial charge in [-0.05, 0) is 25.1 Å². The predicted octanol–water partition coefficient (Wildman–Crippen LogP) is 4.50. The summed E-state index contributed by atoms with van der Waals surface area (Å²) in [5.41, 5.74) is 0.307. The van der Waals surface area contributed by atoms with E-state index in [1.807, 2.05) is 13.0 Å². The van der Waals surface area contributed by atoms with Gasteiger partial charge in [-0.2, -0.15) is 0 Å². The Morgan fingerprint density at radius 1 is 1.30 bits per heavy atom. The monoisotopic (exact) mass is 307 g/mol. The molecule has 3 nitrogen and oxygen atoms in total. The maximum Gasteiger partial charge on any atom is 0.166 e. The highest BCUT2D eigenvalue weighted by molar-refractivity contribution is 7.18. The minimum absolute atomic E-state index is 0.0690. The van der Waals surface area contributed by atoms with Crippen LogP contribution in [0, 0.1) is 12.7 Å². The summed E-state index contributed by atoms with van der Waals surface area (Å²) < 4.78 is 14.1. The topological polar surface area (TPSA) is 37.8 Å². The van der Waals surface area contributed by atoms with Gasteiger partial charge >= 0.3 is 0 Å². The highest BCUT2D eigenvalue weighted by atomic mass is 35.5. The van der Waals surface area contributed by atoms with Crippen molar-refractivity contribution in [3.63, 3.8) is 0 Å². The van der Waals surface area contributed by atoms with Crippen LogP contribution in [0.5, 0.6) is 0 Å². The number of thiophene rings is 1. The lowest BCUT2D eigenvalue weighted by atomic mass is 10.2. The molecular formula is C14H11ClFN3S. The number of fused-ring (bicyclic) bond motifs is 1. The molecular weight excluding hydrogens is 297 g/mol. The lowest BCUT2D eigenvalue weighted by Gasteiger charge is -2.07. The number of aromatic nitrogens is 2. The smallest absolute Gasteiger partial charge is 0.166 e. The van der Waals surface area contributed by atoms with E-state index in [4.69, 9.17) is 11.6 Å². The summed E-state index contributed by atoms with van der Waals surface area (Å²) in [7, 11) is 1.78. The van der Waals surface area contributed by atoms with Gasteiger partial charge in [0, 0.05) is 11.9 Å². The summed E-state index contributed by atoms with van der Waals surface area (Å²) in [6.45, 7) is 2.01. The normalized spacial score (nSPS) is 11.0. The number of benzene rings is 1. The summed E-state index contributed by atoms with van der Waals surface area (Å²) >= 11 is 7.37. The van der Waals surface area contributed by atoms with Gasteiger partial charge in [-0.1, -0.05) is 17.7 Å². The summed E-state index contributed by atoms with van der Waals surface area (Å²) in [5, 5.41) is 4.04. The van der Waals surface area contributed by atoms with E-state index in [0.717, 1.165) is 15.1 Å². The standard InChI is InChI=1S/C14H11ClFN3S/c1-7-6-9-12(17-2)18-13(19-14(9)20-7)8-4-3-5-10(15)11(8)16/h3-6H,1-2H3,(H,17,18,19). The van der Waals surface area contributed by atoms with Gasteiger partial charge in [-0.25, -0.2) is 14.4 Å². The maximum absolute atomic E-state index is 14.1. The number of hydrogen-bond donors (Lipinski definition) is 1. The molecule has 2 heterocycles. The summed E-state index contributed by atoms with van der Waals surface area (Å²) in [5.74, 6) is 0.529. The third-order valence-electron chi connectivity index (χ3n) is 2.95. The molecule has 0 aliphatic heterocycles. The van der Waals surface area contributed by atoms with E-state index in [0.29, 0.717) is 17.2 Å². The fourth-order valence-corrected chi connectivity index (χ4v) is 3.08. The fourth-order valence-electron chi connectivity index (χ4n) is 2.03. The molecule has 1 aromatic carbocycles. The second-order valence-electron chi connectivity index (χ2n) is 4.32. The number of rotatable bonds is 2. The number of anilines is 1. The molecule has 1 N–H and O–H groups in total. The number of aryl methyl sites for hydroxylation is 1. The van der Waals surface area contributed by atoms with Crippen LogP contribution in [-0.2, 0) is 0 Å². The van der Waals surface area contributed by atoms with Crippen LogP contribution in [0.4, 0.5) is 10.2 Å². The van der Waals surface area contributed by atoms with E-state index in [1.165, 1.54) is 6.07 Å². The lowest BCUT2D eigenvalue weighted by Crippen LogP contribution is -1.98. The number of nitrogens with one attached hydrogen (secondary N) is 1. The van der Waals surface area contributed by atoms with Crippen molar-refractivity contribution in [2.75, 3.05) is 12.4 Å². The fraction of sp³-hybridized carbons (Fsp3) is 0.143. The first-order chi connectivity index (χ1) is 9.60. The Hall–Kier alpha value is -1.72. The first kappa shape index (κ1) is 13.3. The van der Waals surface area contributed by atoms with Crippen molar-refractivity contribution >= 4 is 39.0 Å². The Morgan fingerprint density at radius 2 is 2.10 bits per heavy atom. The average molecular weight is 308 g/mol. The summed E-state index contributed by atoms with van der Waals surface area (Å²) in [4.78, 5) is 10.8. The van der Waals surface area contributed by atoms with Gasteiger partial charge in [0.1, 0.15) is 10.6 Å². The van der Waals surface area contributed by atoms with Crippen LogP contribution in [0.15, 0.2) is 24.3 Å². The average Bonchev–Trinajstić information content (AvgIpc) is 2.81. The predicted molar refractivity (Wildman–Crippen MR) is 82.1 cm³/mol. The van der Waals surface area contributed by atoms with Crippen LogP contribution < -0.4 is 5.32 Å². The van der Waals surface area contributed by atoms with Crippen LogP contribution in [0.3, 0.4) is 0 Å². The molecule has 0 fully saturated rings. The van der Waals surface area contributed by atoms with Gasteiger partial charge in [0.2, 0.25) is 0 Å². The molecule has 3 aromatic rings. The molecule has 6 heteroatoms. The molecule has 0 aliphatic rings. The zero-order valence-electron chi connectivity index (χ0n) is 10.9. The highest BCUT2D eigenvalue weighted by Gasteiger charge is 2.15. The molecule has 0 spiro atoms. The highest BCUT2D eigenvalue weighted by Crippen LogP contribution is 2.32. The van der Waals surface area contributed by atoms with Gasteiger partial charge < -0.3 is 5.32 Å². The van der Waals surface area contributed by atoms with Gasteiger partial charge in [-0.15, -0.1) is 11.3 Å². The first-order valence-corrected chi connectivity index (χ1v) is 7.20. The van der Waals surface area contributed by atoms with Crippen molar-refractivity contribution in [3.05, 3.63) is 40.0 Å². The Bertz CT molecular complexity index is 800. The lowest BCUT2D eigenvalue weighted by molar-refractivity contribution is 0.630. The van der Waals surface area contributed by atoms with Gasteiger partial charge in [-0.3, -0.25) is 0 Å². The van der Waals surface area contributed by atoms with Crippen molar-refractivity contribution in [3.8, 4) is 11.4 Å². The van der Waals surface area contributed by atoms with Crippen LogP contribution in [-0.4, -0.2) is 17.0 Å². The minimum Gasteiger partial charge on any atom is -0.372 e. The van der Waals surface area contributed by atoms with E-state index in [1.54, 1.807) is 30.5 Å². The Balaban J connectivity index is 2.28. The molecule has 2 aromatic heterocycles. The Labute approximate surface area is 124 Å². The van der Waals surface area contributed by atoms with Crippen molar-refractivity contribution < 1.29 is 4.39 Å². The SMILES string of the molecule is CNc1nc(-c2cccc(Cl)c2F)nc2sc(C)cc12. The zero-order chi connectivity index (χ0) is 14.3. The second kappa shape index (κ2) is 5.00. The Morgan fingerprint density at radius 3 is 2.85 bits per heavy atom. The van der Waals surface area contributed by atoms with Crippen molar-refractivity contribution in [1.29, 1.82) is 0 Å². The van der Waals surface area contributed by atoms with Crippen molar-refractivity contribution in [2.45, 2.75) is 6.92 Å². The van der Waals surface area contributed by atoms with Crippen molar-refractivity contribution in [1.82, 2.24) is 9.97 Å². The first-order valence-electron chi connectivity index (χ1n) is 6.00. The molecule has 0 bridgehead atoms. The van der Waals surface area contributed by atoms with E-state index >= 15 is 0 Å². The maximum atomic E-state index is 14.1. The second-order valence-corrected chi connectivity index (χ2v) is 5.97. The molecule has 0 amide bonds. The van der Waals surface area contributed by atoms with Gasteiger partial charge in [0.15, 0.2) is 11.6 Å². The Kier molecular flexibility index (Phi) is 3.31. The van der Waals surface area contributed by atoms with E-state index in [9.17, 15) is 4.39 Å². The number of halogens is 2. The van der Waals surface area contributed by atoms with Gasteiger partial charge in [0.25, 0.3) is 0 Å². The van der Waals surface area contributed by atoms with Gasteiger partial charge in [0.05, 0.1) is 16.0 Å². The molecule has 20 heavy (non-hydrogen) atoms. The molecule has 102 valence electrons. The molecule has 0 saturated carbocycles. The largest absolute Gasteiger partial charge is 0.372 e. The van der Waals surface area contributed by atoms with Crippen LogP contribution >= 0.6 is 22.9 Å². The number of hydrogen-bond acceptors (Lipinski definition) is 4. The molecule has 0 aliphatic carbocycles. The molecule has 3 rings (SSSR count). The van der Waals surface area contributed by atoms with E-state index < -0.39 is 5.82 Å². The van der Waals surface area contributed by atoms with E-state index in [-0.39, 0.29) is 5.02 Å². The zero-order valence-corrected chi connectivity index (χ0v) is 12.4. The van der Waals surface area contributed by atoms with Crippen LogP contribution in [0.1, 0.15) is 4.88 Å².